The fraction of sp³-hybridized carbons (Fsp3) is 0.500. The lowest BCUT2D eigenvalue weighted by atomic mass is 10.3. The van der Waals surface area contributed by atoms with E-state index in [1.165, 1.54) is 0 Å². The van der Waals surface area contributed by atoms with Gasteiger partial charge in [0.25, 0.3) is 0 Å². The zero-order valence-electron chi connectivity index (χ0n) is 11.8. The van der Waals surface area contributed by atoms with E-state index in [0.29, 0.717) is 49.1 Å². The molecule has 1 N–H and O–H groups in total. The number of benzene rings is 1. The van der Waals surface area contributed by atoms with Crippen LogP contribution in [0.2, 0.25) is 0 Å². The van der Waals surface area contributed by atoms with Crippen LogP contribution < -0.4 is 19.5 Å². The molecular weight excluding hydrogens is 282 g/mol. The molecule has 0 fully saturated rings. The average Bonchev–Trinajstić information content (AvgIpc) is 2.48. The van der Waals surface area contributed by atoms with Crippen LogP contribution in [-0.4, -0.2) is 39.2 Å². The molecule has 1 aromatic carbocycles. The molecule has 0 aliphatic heterocycles. The minimum atomic E-state index is -0.0214. The van der Waals surface area contributed by atoms with Crippen LogP contribution >= 0.6 is 11.6 Å². The summed E-state index contributed by atoms with van der Waals surface area (Å²) >= 11 is 5.52. The molecule has 0 aliphatic carbocycles. The second-order valence-corrected chi connectivity index (χ2v) is 4.36. The Labute approximate surface area is 124 Å². The van der Waals surface area contributed by atoms with Gasteiger partial charge in [0.2, 0.25) is 11.7 Å². The normalized spacial score (nSPS) is 9.95. The number of methoxy groups -OCH3 is 2. The van der Waals surface area contributed by atoms with Crippen molar-refractivity contribution in [1.82, 2.24) is 5.32 Å². The molecule has 0 spiro atoms. The number of para-hydroxylation sites is 1. The minimum Gasteiger partial charge on any atom is -0.493 e. The Morgan fingerprint density at radius 2 is 2.00 bits per heavy atom. The molecule has 6 heteroatoms. The SMILES string of the molecule is COc1cccc(OCCNC(=O)CCCCl)c1OC. The highest BCUT2D eigenvalue weighted by atomic mass is 35.5. The lowest BCUT2D eigenvalue weighted by Gasteiger charge is -2.13. The third-order valence-corrected chi connectivity index (χ3v) is 2.85. The maximum absolute atomic E-state index is 11.4. The highest BCUT2D eigenvalue weighted by Crippen LogP contribution is 2.36. The van der Waals surface area contributed by atoms with E-state index in [2.05, 4.69) is 5.32 Å². The second-order valence-electron chi connectivity index (χ2n) is 3.98. The standard InChI is InChI=1S/C14H20ClNO4/c1-18-11-5-3-6-12(14(11)19-2)20-10-9-16-13(17)7-4-8-15/h3,5-6H,4,7-10H2,1-2H3,(H,16,17). The maximum Gasteiger partial charge on any atom is 0.220 e. The Morgan fingerprint density at radius 1 is 1.25 bits per heavy atom. The number of carbonyl (C=O) groups is 1. The van der Waals surface area contributed by atoms with Gasteiger partial charge < -0.3 is 19.5 Å². The first-order valence-corrected chi connectivity index (χ1v) is 6.92. The molecule has 0 bridgehead atoms. The zero-order valence-corrected chi connectivity index (χ0v) is 12.5. The predicted octanol–water partition coefficient (Wildman–Crippen LogP) is 2.22. The van der Waals surface area contributed by atoms with Gasteiger partial charge in [0.15, 0.2) is 11.5 Å². The molecule has 112 valence electrons. The number of ether oxygens (including phenoxy) is 3. The van der Waals surface area contributed by atoms with Crippen LogP contribution in [0.3, 0.4) is 0 Å². The Balaban J connectivity index is 2.40. The lowest BCUT2D eigenvalue weighted by Crippen LogP contribution is -2.27. The van der Waals surface area contributed by atoms with Gasteiger partial charge in [-0.05, 0) is 18.6 Å². The van der Waals surface area contributed by atoms with Crippen molar-refractivity contribution in [2.24, 2.45) is 0 Å². The fourth-order valence-electron chi connectivity index (χ4n) is 1.64. The summed E-state index contributed by atoms with van der Waals surface area (Å²) in [5.74, 6) is 2.21. The summed E-state index contributed by atoms with van der Waals surface area (Å²) in [6.07, 6.45) is 1.12. The summed E-state index contributed by atoms with van der Waals surface area (Å²) in [5, 5.41) is 2.76. The monoisotopic (exact) mass is 301 g/mol. The van der Waals surface area contributed by atoms with Gasteiger partial charge in [-0.15, -0.1) is 11.6 Å². The van der Waals surface area contributed by atoms with E-state index < -0.39 is 0 Å². The van der Waals surface area contributed by atoms with E-state index in [0.717, 1.165) is 0 Å². The first-order valence-electron chi connectivity index (χ1n) is 6.39. The Hall–Kier alpha value is -1.62. The second kappa shape index (κ2) is 9.31. The molecule has 0 atom stereocenters. The lowest BCUT2D eigenvalue weighted by molar-refractivity contribution is -0.121. The number of alkyl halides is 1. The smallest absolute Gasteiger partial charge is 0.220 e. The summed E-state index contributed by atoms with van der Waals surface area (Å²) in [6, 6.07) is 5.39. The third kappa shape index (κ3) is 5.17. The maximum atomic E-state index is 11.4. The summed E-state index contributed by atoms with van der Waals surface area (Å²) in [6.45, 7) is 0.789. The molecule has 0 saturated heterocycles. The van der Waals surface area contributed by atoms with Gasteiger partial charge in [-0.2, -0.15) is 0 Å². The Morgan fingerprint density at radius 3 is 2.65 bits per heavy atom. The first-order chi connectivity index (χ1) is 9.72. The van der Waals surface area contributed by atoms with E-state index in [1.54, 1.807) is 26.4 Å². The largest absolute Gasteiger partial charge is 0.493 e. The number of carbonyl (C=O) groups excluding carboxylic acids is 1. The van der Waals surface area contributed by atoms with Crippen LogP contribution in [0, 0.1) is 0 Å². The zero-order chi connectivity index (χ0) is 14.8. The summed E-state index contributed by atoms with van der Waals surface area (Å²) in [7, 11) is 3.12. The van der Waals surface area contributed by atoms with E-state index in [9.17, 15) is 4.79 Å². The number of hydrogen-bond donors (Lipinski definition) is 1. The van der Waals surface area contributed by atoms with Gasteiger partial charge in [-0.25, -0.2) is 0 Å². The summed E-state index contributed by atoms with van der Waals surface area (Å²) in [5.41, 5.74) is 0. The molecule has 20 heavy (non-hydrogen) atoms. The molecule has 0 aromatic heterocycles. The number of amides is 1. The van der Waals surface area contributed by atoms with Crippen molar-refractivity contribution in [3.05, 3.63) is 18.2 Å². The van der Waals surface area contributed by atoms with Gasteiger partial charge in [-0.1, -0.05) is 6.07 Å². The van der Waals surface area contributed by atoms with Gasteiger partial charge in [0, 0.05) is 12.3 Å². The van der Waals surface area contributed by atoms with E-state index in [1.807, 2.05) is 6.07 Å². The fourth-order valence-corrected chi connectivity index (χ4v) is 1.77. The topological polar surface area (TPSA) is 56.8 Å². The van der Waals surface area contributed by atoms with Gasteiger partial charge in [0.1, 0.15) is 6.61 Å². The molecule has 1 aromatic rings. The van der Waals surface area contributed by atoms with Crippen LogP contribution in [0.15, 0.2) is 18.2 Å². The van der Waals surface area contributed by atoms with Crippen LogP contribution in [-0.2, 0) is 4.79 Å². The quantitative estimate of drug-likeness (QED) is 0.561. The van der Waals surface area contributed by atoms with Gasteiger partial charge in [0.05, 0.1) is 20.8 Å². The van der Waals surface area contributed by atoms with Crippen molar-refractivity contribution >= 4 is 17.5 Å². The number of hydrogen-bond acceptors (Lipinski definition) is 4. The van der Waals surface area contributed by atoms with Crippen molar-refractivity contribution in [2.75, 3.05) is 33.3 Å². The van der Waals surface area contributed by atoms with Crippen LogP contribution in [0.1, 0.15) is 12.8 Å². The highest BCUT2D eigenvalue weighted by Gasteiger charge is 2.10. The number of rotatable bonds is 9. The molecule has 1 rings (SSSR count). The van der Waals surface area contributed by atoms with Crippen molar-refractivity contribution in [2.45, 2.75) is 12.8 Å². The predicted molar refractivity (Wildman–Crippen MR) is 78.0 cm³/mol. The van der Waals surface area contributed by atoms with E-state index in [4.69, 9.17) is 25.8 Å². The molecule has 0 heterocycles. The van der Waals surface area contributed by atoms with Crippen molar-refractivity contribution in [3.63, 3.8) is 0 Å². The average molecular weight is 302 g/mol. The van der Waals surface area contributed by atoms with Gasteiger partial charge >= 0.3 is 0 Å². The van der Waals surface area contributed by atoms with Gasteiger partial charge in [-0.3, -0.25) is 4.79 Å². The molecule has 1 amide bonds. The molecule has 0 unspecified atom stereocenters. The molecule has 5 nitrogen and oxygen atoms in total. The summed E-state index contributed by atoms with van der Waals surface area (Å²) in [4.78, 5) is 11.4. The molecule has 0 radical (unpaired) electrons. The highest BCUT2D eigenvalue weighted by molar-refractivity contribution is 6.17. The number of halogens is 1. The number of nitrogens with one attached hydrogen (secondary N) is 1. The molecular formula is C14H20ClNO4. The van der Waals surface area contributed by atoms with E-state index >= 15 is 0 Å². The van der Waals surface area contributed by atoms with Crippen LogP contribution in [0.5, 0.6) is 17.2 Å². The summed E-state index contributed by atoms with van der Waals surface area (Å²) < 4.78 is 16.0. The molecule has 0 aliphatic rings. The first kappa shape index (κ1) is 16.4. The molecule has 0 saturated carbocycles. The van der Waals surface area contributed by atoms with Crippen molar-refractivity contribution in [1.29, 1.82) is 0 Å². The minimum absolute atomic E-state index is 0.0214. The van der Waals surface area contributed by atoms with Crippen molar-refractivity contribution in [3.8, 4) is 17.2 Å². The van der Waals surface area contributed by atoms with E-state index in [-0.39, 0.29) is 5.91 Å². The Bertz CT molecular complexity index is 426. The Kier molecular flexibility index (Phi) is 7.65. The van der Waals surface area contributed by atoms with Crippen LogP contribution in [0.25, 0.3) is 0 Å². The third-order valence-electron chi connectivity index (χ3n) is 2.59. The van der Waals surface area contributed by atoms with Crippen molar-refractivity contribution < 1.29 is 19.0 Å². The van der Waals surface area contributed by atoms with Crippen LogP contribution in [0.4, 0.5) is 0 Å².